The molecule has 0 bridgehead atoms. The molecule has 0 saturated carbocycles. The second kappa shape index (κ2) is 3.20. The molecule has 1 fully saturated rings. The highest BCUT2D eigenvalue weighted by atomic mass is 32.2. The summed E-state index contributed by atoms with van der Waals surface area (Å²) in [7, 11) is 0. The number of aliphatic carboxylic acids is 1. The summed E-state index contributed by atoms with van der Waals surface area (Å²) in [6.07, 6.45) is 4.52. The summed E-state index contributed by atoms with van der Waals surface area (Å²) in [5.74, 6) is 0.806. The van der Waals surface area contributed by atoms with Gasteiger partial charge in [0.1, 0.15) is 11.5 Å². The number of hydrogen-bond acceptors (Lipinski definition) is 3. The Hall–Kier alpha value is -1.68. The fraction of sp³-hybridized carbons (Fsp3) is 0.214. The highest BCUT2D eigenvalue weighted by Crippen LogP contribution is 2.63. The van der Waals surface area contributed by atoms with Crippen LogP contribution in [0.5, 0.6) is 5.75 Å². The number of para-hydroxylation sites is 1. The Morgan fingerprint density at radius 1 is 1.44 bits per heavy atom. The van der Waals surface area contributed by atoms with E-state index in [4.69, 9.17) is 4.74 Å². The average Bonchev–Trinajstić information content (AvgIpc) is 3.13. The van der Waals surface area contributed by atoms with E-state index in [9.17, 15) is 9.90 Å². The predicted octanol–water partition coefficient (Wildman–Crippen LogP) is 2.38. The van der Waals surface area contributed by atoms with Gasteiger partial charge in [0.2, 0.25) is 0 Å². The summed E-state index contributed by atoms with van der Waals surface area (Å²) in [6, 6.07) is 7.80. The summed E-state index contributed by atoms with van der Waals surface area (Å²) in [5.41, 5.74) is 1.98. The maximum absolute atomic E-state index is 11.5. The van der Waals surface area contributed by atoms with Crippen LogP contribution in [-0.4, -0.2) is 21.1 Å². The minimum Gasteiger partial charge on any atom is -0.480 e. The molecule has 2 heterocycles. The first-order valence-electron chi connectivity index (χ1n) is 5.80. The van der Waals surface area contributed by atoms with Crippen molar-refractivity contribution in [3.63, 3.8) is 0 Å². The SMILES string of the molecule is O=C(O)C12SC1C=CC1=C2Cc2ccccc2O1. The monoisotopic (exact) mass is 258 g/mol. The number of fused-ring (bicyclic) bond motifs is 3. The van der Waals surface area contributed by atoms with Gasteiger partial charge in [0.15, 0.2) is 4.75 Å². The minimum absolute atomic E-state index is 0.0719. The van der Waals surface area contributed by atoms with Gasteiger partial charge in [0.25, 0.3) is 0 Å². The molecule has 2 unspecified atom stereocenters. The highest BCUT2D eigenvalue weighted by molar-refractivity contribution is 8.10. The lowest BCUT2D eigenvalue weighted by molar-refractivity contribution is -0.137. The second-order valence-corrected chi connectivity index (χ2v) is 6.06. The normalized spacial score (nSPS) is 31.0. The number of benzene rings is 1. The number of allylic oxidation sites excluding steroid dienone is 1. The van der Waals surface area contributed by atoms with Crippen molar-refractivity contribution in [2.75, 3.05) is 0 Å². The van der Waals surface area contributed by atoms with Gasteiger partial charge in [-0.05, 0) is 17.7 Å². The Kier molecular flexibility index (Phi) is 1.83. The van der Waals surface area contributed by atoms with Crippen molar-refractivity contribution < 1.29 is 14.6 Å². The Morgan fingerprint density at radius 2 is 2.28 bits per heavy atom. The van der Waals surface area contributed by atoms with Crippen LogP contribution in [0.2, 0.25) is 0 Å². The largest absolute Gasteiger partial charge is 0.480 e. The molecule has 0 radical (unpaired) electrons. The standard InChI is InChI=1S/C14H10O3S/c15-13(16)14-9-7-8-3-1-2-4-10(8)17-11(9)5-6-12(14)18-14/h1-6,12H,7H2,(H,15,16). The lowest BCUT2D eigenvalue weighted by atomic mass is 9.85. The van der Waals surface area contributed by atoms with Crippen molar-refractivity contribution in [1.29, 1.82) is 0 Å². The van der Waals surface area contributed by atoms with Gasteiger partial charge in [-0.2, -0.15) is 0 Å². The van der Waals surface area contributed by atoms with E-state index in [2.05, 4.69) is 0 Å². The van der Waals surface area contributed by atoms with E-state index < -0.39 is 10.7 Å². The highest BCUT2D eigenvalue weighted by Gasteiger charge is 2.65. The van der Waals surface area contributed by atoms with E-state index in [1.54, 1.807) is 0 Å². The van der Waals surface area contributed by atoms with Crippen LogP contribution < -0.4 is 4.74 Å². The fourth-order valence-corrected chi connectivity index (χ4v) is 3.94. The molecule has 0 aromatic heterocycles. The first-order valence-corrected chi connectivity index (χ1v) is 6.68. The number of carboxylic acid groups (broad SMARTS) is 1. The Morgan fingerprint density at radius 3 is 3.11 bits per heavy atom. The summed E-state index contributed by atoms with van der Waals surface area (Å²) in [4.78, 5) is 11.5. The van der Waals surface area contributed by atoms with Gasteiger partial charge in [0.05, 0.1) is 5.25 Å². The van der Waals surface area contributed by atoms with Gasteiger partial charge in [-0.15, -0.1) is 11.8 Å². The summed E-state index contributed by atoms with van der Waals surface area (Å²) in [6.45, 7) is 0. The van der Waals surface area contributed by atoms with Crippen LogP contribution in [0, 0.1) is 0 Å². The number of ether oxygens (including phenoxy) is 1. The summed E-state index contributed by atoms with van der Waals surface area (Å²) >= 11 is 1.49. The van der Waals surface area contributed by atoms with Crippen LogP contribution in [0.3, 0.4) is 0 Å². The molecule has 3 nitrogen and oxygen atoms in total. The van der Waals surface area contributed by atoms with Crippen LogP contribution >= 0.6 is 11.8 Å². The van der Waals surface area contributed by atoms with Crippen molar-refractivity contribution in [3.05, 3.63) is 53.3 Å². The quantitative estimate of drug-likeness (QED) is 0.786. The van der Waals surface area contributed by atoms with Gasteiger partial charge in [-0.3, -0.25) is 4.79 Å². The van der Waals surface area contributed by atoms with Gasteiger partial charge in [-0.1, -0.05) is 24.3 Å². The van der Waals surface area contributed by atoms with E-state index in [0.717, 1.165) is 22.6 Å². The molecule has 1 N–H and O–H groups in total. The molecule has 1 aromatic rings. The van der Waals surface area contributed by atoms with Crippen LogP contribution in [0.25, 0.3) is 0 Å². The van der Waals surface area contributed by atoms with Crippen molar-refractivity contribution in [1.82, 2.24) is 0 Å². The third-order valence-electron chi connectivity index (χ3n) is 3.70. The Labute approximate surface area is 108 Å². The molecule has 3 aliphatic rings. The topological polar surface area (TPSA) is 46.5 Å². The summed E-state index contributed by atoms with van der Waals surface area (Å²) in [5, 5.41) is 9.55. The fourth-order valence-electron chi connectivity index (χ4n) is 2.72. The van der Waals surface area contributed by atoms with Crippen LogP contribution in [0.1, 0.15) is 5.56 Å². The van der Waals surface area contributed by atoms with E-state index in [0.29, 0.717) is 6.42 Å². The third kappa shape index (κ3) is 1.13. The number of rotatable bonds is 1. The van der Waals surface area contributed by atoms with Crippen LogP contribution in [0.15, 0.2) is 47.7 Å². The number of carbonyl (C=O) groups is 1. The molecule has 90 valence electrons. The number of thioether (sulfide) groups is 1. The van der Waals surface area contributed by atoms with Gasteiger partial charge >= 0.3 is 5.97 Å². The van der Waals surface area contributed by atoms with Crippen molar-refractivity contribution in [3.8, 4) is 5.75 Å². The van der Waals surface area contributed by atoms with E-state index in [1.807, 2.05) is 36.4 Å². The molecule has 2 aliphatic heterocycles. The molecule has 1 aromatic carbocycles. The zero-order valence-corrected chi connectivity index (χ0v) is 10.2. The van der Waals surface area contributed by atoms with Crippen molar-refractivity contribution >= 4 is 17.7 Å². The Balaban J connectivity index is 1.84. The molecule has 0 spiro atoms. The van der Waals surface area contributed by atoms with Gasteiger partial charge in [0, 0.05) is 12.0 Å². The van der Waals surface area contributed by atoms with Gasteiger partial charge < -0.3 is 9.84 Å². The average molecular weight is 258 g/mol. The molecule has 2 atom stereocenters. The van der Waals surface area contributed by atoms with Crippen molar-refractivity contribution in [2.45, 2.75) is 16.4 Å². The molecular formula is C14H10O3S. The molecular weight excluding hydrogens is 248 g/mol. The molecule has 0 amide bonds. The number of hydrogen-bond donors (Lipinski definition) is 1. The lowest BCUT2D eigenvalue weighted by Crippen LogP contribution is -2.34. The van der Waals surface area contributed by atoms with Crippen molar-refractivity contribution in [2.24, 2.45) is 0 Å². The zero-order chi connectivity index (χ0) is 12.3. The molecule has 1 aliphatic carbocycles. The first kappa shape index (κ1) is 10.3. The van der Waals surface area contributed by atoms with E-state index >= 15 is 0 Å². The minimum atomic E-state index is -0.766. The van der Waals surface area contributed by atoms with Crippen LogP contribution in [-0.2, 0) is 11.2 Å². The second-order valence-electron chi connectivity index (χ2n) is 4.67. The molecule has 4 rings (SSSR count). The third-order valence-corrected chi connectivity index (χ3v) is 5.26. The molecule has 4 heteroatoms. The predicted molar refractivity (Wildman–Crippen MR) is 68.7 cm³/mol. The van der Waals surface area contributed by atoms with Crippen LogP contribution in [0.4, 0.5) is 0 Å². The number of carboxylic acids is 1. The summed E-state index contributed by atoms with van der Waals surface area (Å²) < 4.78 is 5.06. The van der Waals surface area contributed by atoms with Gasteiger partial charge in [-0.25, -0.2) is 0 Å². The maximum Gasteiger partial charge on any atom is 0.325 e. The smallest absolute Gasteiger partial charge is 0.325 e. The van der Waals surface area contributed by atoms with E-state index in [-0.39, 0.29) is 5.25 Å². The van der Waals surface area contributed by atoms with E-state index in [1.165, 1.54) is 11.8 Å². The Bertz CT molecular complexity index is 632. The maximum atomic E-state index is 11.5. The molecule has 18 heavy (non-hydrogen) atoms. The zero-order valence-electron chi connectivity index (χ0n) is 9.42. The first-order chi connectivity index (χ1) is 8.72. The lowest BCUT2D eigenvalue weighted by Gasteiger charge is -2.27. The molecule has 1 saturated heterocycles.